The molecule has 36 heteroatoms. The third-order valence-electron chi connectivity index (χ3n) is 25.8. The second-order valence-electron chi connectivity index (χ2n) is 37.3. The van der Waals surface area contributed by atoms with E-state index in [1.165, 1.54) is 68.5 Å². The highest BCUT2D eigenvalue weighted by molar-refractivity contribution is 7.89. The molecule has 14 rings (SSSR count). The molecule has 4 unspecified atom stereocenters. The fourth-order valence-corrected chi connectivity index (χ4v) is 20.6. The third kappa shape index (κ3) is 29.1. The number of alkyl halides is 10. The van der Waals surface area contributed by atoms with E-state index in [-0.39, 0.29) is 73.5 Å². The highest BCUT2D eigenvalue weighted by Crippen LogP contribution is 2.62. The molecule has 2 saturated heterocycles. The Kier molecular flexibility index (Phi) is 36.6. The molecule has 24 nitrogen and oxygen atoms in total. The summed E-state index contributed by atoms with van der Waals surface area (Å²) in [5.74, 6) is -6.15. The number of hydrogen-bond donors (Lipinski definition) is 4. The molecule has 10 fully saturated rings. The molecule has 10 aliphatic rings. The van der Waals surface area contributed by atoms with E-state index in [0.29, 0.717) is 72.5 Å². The average Bonchev–Trinajstić information content (AvgIpc) is 0.760. The van der Waals surface area contributed by atoms with Gasteiger partial charge in [-0.05, 0) is 271 Å². The lowest BCUT2D eigenvalue weighted by molar-refractivity contribution is -0.288. The smallest absolute Gasteiger partial charge is 0.446 e. The van der Waals surface area contributed by atoms with Crippen LogP contribution in [0.3, 0.4) is 0 Å². The van der Waals surface area contributed by atoms with Crippen molar-refractivity contribution in [3.05, 3.63) is 169 Å². The minimum Gasteiger partial charge on any atom is -0.508 e. The Morgan fingerprint density at radius 2 is 0.794 bits per heavy atom. The maximum absolute atomic E-state index is 15.0. The largest absolute Gasteiger partial charge is 0.508 e. The van der Waals surface area contributed by atoms with Gasteiger partial charge >= 0.3 is 78.8 Å². The molecule has 2 heterocycles. The van der Waals surface area contributed by atoms with Gasteiger partial charge in [-0.2, -0.15) is 60.7 Å². The Bertz CT molecular complexity index is 4730. The van der Waals surface area contributed by atoms with Crippen molar-refractivity contribution in [1.29, 1.82) is 0 Å². The van der Waals surface area contributed by atoms with Crippen LogP contribution < -0.4 is 10.6 Å². The molecule has 4 aromatic rings. The van der Waals surface area contributed by atoms with Crippen molar-refractivity contribution >= 4 is 68.1 Å². The topological polar surface area (TPSA) is 328 Å². The van der Waals surface area contributed by atoms with E-state index in [1.807, 2.05) is 92.7 Å². The summed E-state index contributed by atoms with van der Waals surface area (Å²) in [6.45, 7) is 27.7. The number of phenols is 2. The van der Waals surface area contributed by atoms with Crippen LogP contribution in [0.2, 0.25) is 0 Å². The number of nitrogens with one attached hydrogen (secondary N) is 2. The Balaban J connectivity index is 0.000000262. The SMILES string of the molecule is C=C(C)C(=O)OC1(C)C2CC3CC(C2)CC1C3.C=C(C)C(=O)OCCNC(=O)C(F)(F)S(=O)(=O)OC(CC1(C)OCCCO1)C(F)(F)F.C=Cc1ccc(O)cc1.C=Cc1ccccc1.CC1(CC(OS(=O)(=O)C(F)(F)C(=O)NCCOC(=O)C(C)(C)CC(CC(CC(C)(C)C(=O)OC2(C)C3CC4CC(C3)CC2C4)c2ccccc2)c2ccc(O)cc2)C(F)(F)F)OCCCO1. The Morgan fingerprint density at radius 3 is 1.15 bits per heavy atom. The van der Waals surface area contributed by atoms with E-state index in [9.17, 15) is 94.6 Å². The van der Waals surface area contributed by atoms with Gasteiger partial charge < -0.3 is 58.7 Å². The summed E-state index contributed by atoms with van der Waals surface area (Å²) in [5.41, 5.74) is 1.57. The van der Waals surface area contributed by atoms with Crippen LogP contribution in [0.25, 0.3) is 12.2 Å². The summed E-state index contributed by atoms with van der Waals surface area (Å²) in [4.78, 5) is 74.9. The van der Waals surface area contributed by atoms with Crippen molar-refractivity contribution in [2.24, 2.45) is 58.2 Å². The average molecular weight is 1900 g/mol. The van der Waals surface area contributed by atoms with Crippen molar-refractivity contribution in [1.82, 2.24) is 10.6 Å². The number of aromatic hydroxyl groups is 2. The number of esters is 4. The van der Waals surface area contributed by atoms with Gasteiger partial charge in [-0.1, -0.05) is 123 Å². The summed E-state index contributed by atoms with van der Waals surface area (Å²) in [6.07, 6.45) is -2.61. The molecule has 4 N–H and O–H groups in total. The van der Waals surface area contributed by atoms with Gasteiger partial charge in [0.1, 0.15) is 35.9 Å². The molecule has 8 aliphatic carbocycles. The van der Waals surface area contributed by atoms with Gasteiger partial charge in [0.2, 0.25) is 0 Å². The number of hydrogen-bond acceptors (Lipinski definition) is 22. The Hall–Kier alpha value is -8.78. The molecule has 0 radical (unpaired) electrons. The molecular weight excluding hydrogens is 1780 g/mol. The maximum atomic E-state index is 15.0. The standard InChI is InChI=1S/C48H64F5NO11S.C16H22F5NO8S.C15H22O2.C8H8O.C8H8/c1-43(2,41(57)61-20-17-54-40(56)48(52,53)66(59,60)65-39(47(49,50)51)29-45(5)62-18-10-19-63-45)27-35(33-13-15-38(55)16-14-33)26-34(32-11-8-7-9-12-32)28-44(3,4)42(58)64-46(6)36-22-30-21-31(24-36)25-37(46)23-30;1-10(2)12(23)27-8-5-22-13(24)16(20,21)31(25,26)30-11(15(17,18)19)9-14(3)28-6-4-7-29-14;1-9(2)14(16)17-15(3)12-5-10-4-11(7-12)8-13(15)6-10;1-2-7-3-5-8(9)6-4-7;1-2-8-6-4-3-5-7-8/h7-9,11-16,30-31,34-37,39,55H,10,17-29H2,1-6H3,(H,54,56);11H,1,4-9H2,2-3H3,(H,22,24);10-13H,1,4-8H2,2-3H3;2-6,9H,1H2;2-7H,1H2. The zero-order valence-corrected chi connectivity index (χ0v) is 77.3. The quantitative estimate of drug-likeness (QED) is 0.00843. The molecule has 0 spiro atoms. The summed E-state index contributed by atoms with van der Waals surface area (Å²) >= 11 is 0. The zero-order chi connectivity index (χ0) is 97.3. The van der Waals surface area contributed by atoms with E-state index in [2.05, 4.69) is 53.3 Å². The monoisotopic (exact) mass is 1900 g/mol. The highest BCUT2D eigenvalue weighted by atomic mass is 32.2. The van der Waals surface area contributed by atoms with Gasteiger partial charge in [0.25, 0.3) is 0 Å². The molecule has 728 valence electrons. The molecule has 8 saturated carbocycles. The number of carbonyl (C=O) groups excluding carboxylic acids is 6. The first-order valence-electron chi connectivity index (χ1n) is 43.8. The maximum Gasteiger partial charge on any atom is 0.446 e. The zero-order valence-electron chi connectivity index (χ0n) is 75.6. The lowest BCUT2D eigenvalue weighted by Crippen LogP contribution is -2.58. The number of ether oxygens (including phenoxy) is 8. The molecule has 2 amide bonds. The van der Waals surface area contributed by atoms with Crippen molar-refractivity contribution in [3.8, 4) is 11.5 Å². The summed E-state index contributed by atoms with van der Waals surface area (Å²) < 4.78 is 238. The fourth-order valence-electron chi connectivity index (χ4n) is 18.8. The molecular formula is C95H124F10N2O22S2. The minimum atomic E-state index is -6.52. The molecule has 8 bridgehead atoms. The van der Waals surface area contributed by atoms with Crippen molar-refractivity contribution in [2.45, 2.75) is 248 Å². The number of amides is 2. The van der Waals surface area contributed by atoms with Gasteiger partial charge in [-0.15, -0.1) is 0 Å². The van der Waals surface area contributed by atoms with Crippen LogP contribution in [0.15, 0.2) is 147 Å². The summed E-state index contributed by atoms with van der Waals surface area (Å²) in [6, 6.07) is 33.2. The van der Waals surface area contributed by atoms with Crippen molar-refractivity contribution in [2.75, 3.05) is 52.7 Å². The van der Waals surface area contributed by atoms with Crippen LogP contribution in [0.5, 0.6) is 11.5 Å². The molecule has 131 heavy (non-hydrogen) atoms. The second-order valence-corrected chi connectivity index (χ2v) is 40.5. The number of carbonyl (C=O) groups is 6. The van der Waals surface area contributed by atoms with Crippen LogP contribution >= 0.6 is 0 Å². The first-order chi connectivity index (χ1) is 60.9. The summed E-state index contributed by atoms with van der Waals surface area (Å²) in [7, 11) is -12.9. The van der Waals surface area contributed by atoms with Crippen LogP contribution in [0.1, 0.15) is 212 Å². The van der Waals surface area contributed by atoms with Gasteiger partial charge in [0.05, 0.1) is 50.3 Å². The van der Waals surface area contributed by atoms with Gasteiger partial charge in [0.15, 0.2) is 23.8 Å². The molecule has 4 atom stereocenters. The van der Waals surface area contributed by atoms with E-state index in [1.54, 1.807) is 56.4 Å². The number of rotatable bonds is 34. The fraction of sp³-hybridized carbons (Fsp3) is 0.600. The Labute approximate surface area is 760 Å². The molecule has 2 aliphatic heterocycles. The van der Waals surface area contributed by atoms with E-state index < -0.39 is 146 Å². The van der Waals surface area contributed by atoms with Crippen LogP contribution in [-0.2, 0) is 95.3 Å². The van der Waals surface area contributed by atoms with Crippen LogP contribution in [0.4, 0.5) is 43.9 Å². The third-order valence-corrected chi connectivity index (χ3v) is 28.4. The first kappa shape index (κ1) is 108. The lowest BCUT2D eigenvalue weighted by Gasteiger charge is -2.59. The van der Waals surface area contributed by atoms with Gasteiger partial charge in [-0.3, -0.25) is 27.5 Å². The molecule has 4 aromatic carbocycles. The lowest BCUT2D eigenvalue weighted by atomic mass is 9.50. The Morgan fingerprint density at radius 1 is 0.466 bits per heavy atom. The predicted molar refractivity (Wildman–Crippen MR) is 465 cm³/mol. The van der Waals surface area contributed by atoms with Crippen LogP contribution in [0, 0.1) is 58.2 Å². The number of benzene rings is 4. The summed E-state index contributed by atoms with van der Waals surface area (Å²) in [5, 5.41) is 11.2. The first-order valence-corrected chi connectivity index (χ1v) is 46.6. The number of halogens is 10. The van der Waals surface area contributed by atoms with Gasteiger partial charge in [-0.25, -0.2) is 9.59 Å². The second kappa shape index (κ2) is 44.6. The molecule has 0 aromatic heterocycles. The van der Waals surface area contributed by atoms with Crippen molar-refractivity contribution < 1.29 is 146 Å². The predicted octanol–water partition coefficient (Wildman–Crippen LogP) is 18.6. The highest BCUT2D eigenvalue weighted by Gasteiger charge is 2.63. The minimum absolute atomic E-state index is 0.00233. The normalized spacial score (nSPS) is 24.5. The van der Waals surface area contributed by atoms with Crippen LogP contribution in [-0.4, -0.2) is 173 Å². The number of phenolic OH excluding ortho intramolecular Hbond substituents is 2. The van der Waals surface area contributed by atoms with Crippen molar-refractivity contribution in [3.63, 3.8) is 0 Å². The van der Waals surface area contributed by atoms with E-state index in [4.69, 9.17) is 38.3 Å². The van der Waals surface area contributed by atoms with E-state index in [0.717, 1.165) is 68.1 Å². The van der Waals surface area contributed by atoms with E-state index >= 15 is 0 Å². The van der Waals surface area contributed by atoms with Gasteiger partial charge in [0, 0.05) is 24.0 Å².